The average molecular weight is 129 g/mol. The largest absolute Gasteiger partial charge is 0.280 e. The van der Waals surface area contributed by atoms with Gasteiger partial charge in [0.15, 0.2) is 0 Å². The molecule has 0 spiro atoms. The highest BCUT2D eigenvalue weighted by Gasteiger charge is 1.80. The lowest BCUT2D eigenvalue weighted by Gasteiger charge is -1.89. The van der Waals surface area contributed by atoms with E-state index in [1.54, 1.807) is 0 Å². The van der Waals surface area contributed by atoms with Crippen LogP contribution in [-0.2, 0) is 0 Å². The summed E-state index contributed by atoms with van der Waals surface area (Å²) in [6.07, 6.45) is 3.94. The Balaban J connectivity index is 3.05. The van der Waals surface area contributed by atoms with Crippen LogP contribution in [0.15, 0.2) is 16.9 Å². The summed E-state index contributed by atoms with van der Waals surface area (Å²) in [6, 6.07) is 0. The van der Waals surface area contributed by atoms with Gasteiger partial charge in [-0.1, -0.05) is 5.57 Å². The minimum absolute atomic E-state index is 1.01. The van der Waals surface area contributed by atoms with Crippen LogP contribution in [0.2, 0.25) is 0 Å². The van der Waals surface area contributed by atoms with Crippen LogP contribution in [0.5, 0.6) is 0 Å². The number of nitrogens with zero attached hydrogens (tertiary/aromatic N) is 1. The zero-order valence-corrected chi connectivity index (χ0v) is 6.38. The van der Waals surface area contributed by atoms with E-state index in [1.807, 2.05) is 13.1 Å². The van der Waals surface area contributed by atoms with Crippen LogP contribution >= 0.6 is 9.39 Å². The van der Waals surface area contributed by atoms with Crippen molar-refractivity contribution in [2.24, 2.45) is 4.76 Å². The SMILES string of the molecule is C=C(C)CCC=NP. The molecule has 0 fully saturated rings. The summed E-state index contributed by atoms with van der Waals surface area (Å²) < 4.78 is 3.76. The Morgan fingerprint density at radius 3 is 2.88 bits per heavy atom. The number of allylic oxidation sites excluding steroid dienone is 1. The third-order valence-electron chi connectivity index (χ3n) is 0.806. The Bertz CT molecular complexity index is 96.7. The van der Waals surface area contributed by atoms with Crippen LogP contribution in [0.25, 0.3) is 0 Å². The van der Waals surface area contributed by atoms with E-state index in [1.165, 1.54) is 5.57 Å². The maximum atomic E-state index is 3.76. The first-order valence-electron chi connectivity index (χ1n) is 2.63. The van der Waals surface area contributed by atoms with Crippen molar-refractivity contribution in [2.75, 3.05) is 0 Å². The molecule has 0 aliphatic rings. The van der Waals surface area contributed by atoms with Gasteiger partial charge in [-0.25, -0.2) is 0 Å². The maximum Gasteiger partial charge on any atom is 0.00277 e. The molecule has 0 saturated carbocycles. The standard InChI is InChI=1S/C6H12NP/c1-6(2)4-3-5-7-8/h5H,1,3-4,8H2,2H3. The summed E-state index contributed by atoms with van der Waals surface area (Å²) in [4.78, 5) is 0. The Kier molecular flexibility index (Phi) is 4.89. The molecule has 1 unspecified atom stereocenters. The second kappa shape index (κ2) is 4.99. The van der Waals surface area contributed by atoms with Crippen LogP contribution < -0.4 is 0 Å². The van der Waals surface area contributed by atoms with Crippen molar-refractivity contribution in [3.63, 3.8) is 0 Å². The molecule has 0 aliphatic carbocycles. The van der Waals surface area contributed by atoms with Crippen molar-refractivity contribution in [1.82, 2.24) is 0 Å². The zero-order chi connectivity index (χ0) is 6.41. The first kappa shape index (κ1) is 7.84. The molecular formula is C6H12NP. The summed E-state index contributed by atoms with van der Waals surface area (Å²) in [7, 11) is 2.30. The normalized spacial score (nSPS) is 10.2. The Morgan fingerprint density at radius 1 is 1.88 bits per heavy atom. The smallest absolute Gasteiger partial charge is 0.00277 e. The van der Waals surface area contributed by atoms with Crippen molar-refractivity contribution in [3.8, 4) is 0 Å². The van der Waals surface area contributed by atoms with E-state index in [0.717, 1.165) is 12.8 Å². The molecule has 0 radical (unpaired) electrons. The van der Waals surface area contributed by atoms with Crippen molar-refractivity contribution >= 4 is 15.6 Å². The Labute approximate surface area is 53.2 Å². The summed E-state index contributed by atoms with van der Waals surface area (Å²) in [6.45, 7) is 5.78. The molecule has 1 atom stereocenters. The molecule has 46 valence electrons. The molecule has 0 aromatic carbocycles. The summed E-state index contributed by atoms with van der Waals surface area (Å²) in [5, 5.41) is 0. The quantitative estimate of drug-likeness (QED) is 0.314. The van der Waals surface area contributed by atoms with E-state index in [4.69, 9.17) is 0 Å². The van der Waals surface area contributed by atoms with Crippen molar-refractivity contribution in [1.29, 1.82) is 0 Å². The van der Waals surface area contributed by atoms with Crippen LogP contribution in [-0.4, -0.2) is 6.21 Å². The van der Waals surface area contributed by atoms with E-state index in [2.05, 4.69) is 20.7 Å². The molecule has 0 heterocycles. The molecule has 0 amide bonds. The van der Waals surface area contributed by atoms with Gasteiger partial charge in [-0.3, -0.25) is 4.76 Å². The van der Waals surface area contributed by atoms with Crippen molar-refractivity contribution in [3.05, 3.63) is 12.2 Å². The van der Waals surface area contributed by atoms with Gasteiger partial charge in [0.1, 0.15) is 0 Å². The van der Waals surface area contributed by atoms with Gasteiger partial charge in [-0.05, 0) is 29.2 Å². The second-order valence-electron chi connectivity index (χ2n) is 1.83. The zero-order valence-electron chi connectivity index (χ0n) is 5.22. The lowest BCUT2D eigenvalue weighted by atomic mass is 10.2. The Hall–Kier alpha value is -0.160. The molecule has 0 aromatic rings. The fourth-order valence-electron chi connectivity index (χ4n) is 0.385. The minimum Gasteiger partial charge on any atom is -0.280 e. The first-order valence-corrected chi connectivity index (χ1v) is 3.15. The third kappa shape index (κ3) is 5.84. The maximum absolute atomic E-state index is 3.76. The third-order valence-corrected chi connectivity index (χ3v) is 1.02. The molecule has 0 saturated heterocycles. The summed E-state index contributed by atoms with van der Waals surface area (Å²) in [5.74, 6) is 0. The van der Waals surface area contributed by atoms with Crippen molar-refractivity contribution in [2.45, 2.75) is 19.8 Å². The van der Waals surface area contributed by atoms with Crippen LogP contribution in [0.4, 0.5) is 0 Å². The highest BCUT2D eigenvalue weighted by atomic mass is 31.0. The minimum atomic E-state index is 1.01. The van der Waals surface area contributed by atoms with E-state index in [-0.39, 0.29) is 0 Å². The fourth-order valence-corrected chi connectivity index (χ4v) is 0.535. The molecule has 2 heteroatoms. The highest BCUT2D eigenvalue weighted by Crippen LogP contribution is 1.97. The molecule has 8 heavy (non-hydrogen) atoms. The first-order chi connectivity index (χ1) is 3.77. The van der Waals surface area contributed by atoms with Crippen LogP contribution in [0.1, 0.15) is 19.8 Å². The number of hydrogen-bond acceptors (Lipinski definition) is 1. The lowest BCUT2D eigenvalue weighted by molar-refractivity contribution is 1.04. The van der Waals surface area contributed by atoms with Gasteiger partial charge >= 0.3 is 0 Å². The molecule has 0 rings (SSSR count). The summed E-state index contributed by atoms with van der Waals surface area (Å²) >= 11 is 0. The monoisotopic (exact) mass is 129 g/mol. The number of hydrogen-bond donors (Lipinski definition) is 0. The van der Waals surface area contributed by atoms with Gasteiger partial charge in [-0.15, -0.1) is 6.58 Å². The van der Waals surface area contributed by atoms with E-state index in [9.17, 15) is 0 Å². The molecule has 0 aliphatic heterocycles. The molecule has 1 nitrogen and oxygen atoms in total. The van der Waals surface area contributed by atoms with Gasteiger partial charge in [0, 0.05) is 6.21 Å². The van der Waals surface area contributed by atoms with Crippen molar-refractivity contribution < 1.29 is 0 Å². The average Bonchev–Trinajstić information content (AvgIpc) is 1.66. The van der Waals surface area contributed by atoms with Gasteiger partial charge in [0.2, 0.25) is 0 Å². The van der Waals surface area contributed by atoms with Crippen LogP contribution in [0, 0.1) is 0 Å². The fraction of sp³-hybridized carbons (Fsp3) is 0.500. The molecular weight excluding hydrogens is 117 g/mol. The highest BCUT2D eigenvalue weighted by molar-refractivity contribution is 7.14. The van der Waals surface area contributed by atoms with E-state index >= 15 is 0 Å². The predicted octanol–water partition coefficient (Wildman–Crippen LogP) is 2.20. The molecule has 0 bridgehead atoms. The van der Waals surface area contributed by atoms with Gasteiger partial charge in [0.25, 0.3) is 0 Å². The van der Waals surface area contributed by atoms with Gasteiger partial charge in [0.05, 0.1) is 0 Å². The number of rotatable bonds is 3. The predicted molar refractivity (Wildman–Crippen MR) is 42.3 cm³/mol. The molecule has 0 N–H and O–H groups in total. The summed E-state index contributed by atoms with van der Waals surface area (Å²) in [5.41, 5.74) is 1.22. The second-order valence-corrected chi connectivity index (χ2v) is 2.13. The van der Waals surface area contributed by atoms with E-state index < -0.39 is 0 Å². The van der Waals surface area contributed by atoms with Gasteiger partial charge < -0.3 is 0 Å². The topological polar surface area (TPSA) is 12.4 Å². The Morgan fingerprint density at radius 2 is 2.50 bits per heavy atom. The lowest BCUT2D eigenvalue weighted by Crippen LogP contribution is -1.74. The van der Waals surface area contributed by atoms with Crippen LogP contribution in [0.3, 0.4) is 0 Å². The molecule has 0 aromatic heterocycles. The van der Waals surface area contributed by atoms with Gasteiger partial charge in [-0.2, -0.15) is 0 Å². The van der Waals surface area contributed by atoms with E-state index in [0.29, 0.717) is 0 Å².